The Morgan fingerprint density at radius 2 is 0.943 bits per heavy atom. The molecule has 0 N–H and O–H groups in total. The summed E-state index contributed by atoms with van der Waals surface area (Å²) in [6.45, 7) is 12.0. The second kappa shape index (κ2) is 29.5. The average molecular weight is 503 g/mol. The third-order valence-corrected chi connectivity index (χ3v) is 5.89. The van der Waals surface area contributed by atoms with Gasteiger partial charge in [0.1, 0.15) is 0 Å². The molecule has 0 bridgehead atoms. The summed E-state index contributed by atoms with van der Waals surface area (Å²) in [5, 5.41) is 0. The lowest BCUT2D eigenvalue weighted by atomic mass is 10.1. The number of carbonyl (C=O) groups excluding carboxylic acids is 1. The van der Waals surface area contributed by atoms with Crippen molar-refractivity contribution in [3.63, 3.8) is 0 Å². The Balaban J connectivity index is 3.15. The van der Waals surface area contributed by atoms with Gasteiger partial charge >= 0.3 is 5.97 Å². The molecule has 0 saturated carbocycles. The first-order valence-electron chi connectivity index (χ1n) is 14.6. The lowest BCUT2D eigenvalue weighted by molar-refractivity contribution is -0.144. The number of rotatable bonds is 29. The van der Waals surface area contributed by atoms with Gasteiger partial charge in [0.15, 0.2) is 0 Å². The third kappa shape index (κ3) is 31.3. The molecule has 0 amide bonds. The Hall–Kier alpha value is -0.690. The minimum Gasteiger partial charge on any atom is -0.466 e. The van der Waals surface area contributed by atoms with Crippen LogP contribution in [0.4, 0.5) is 0 Å². The third-order valence-electron chi connectivity index (χ3n) is 5.89. The number of ether oxygens (including phenoxy) is 5. The maximum atomic E-state index is 11.8. The molecule has 0 spiro atoms. The van der Waals surface area contributed by atoms with Crippen molar-refractivity contribution in [2.24, 2.45) is 5.92 Å². The highest BCUT2D eigenvalue weighted by Crippen LogP contribution is 2.12. The zero-order valence-corrected chi connectivity index (χ0v) is 23.5. The second-order valence-electron chi connectivity index (χ2n) is 9.85. The van der Waals surface area contributed by atoms with Gasteiger partial charge in [0.25, 0.3) is 0 Å². The molecule has 35 heavy (non-hydrogen) atoms. The van der Waals surface area contributed by atoms with Gasteiger partial charge in [0.2, 0.25) is 0 Å². The molecule has 0 aliphatic carbocycles. The molecule has 0 aromatic rings. The van der Waals surface area contributed by atoms with Gasteiger partial charge in [0.05, 0.1) is 46.2 Å². The summed E-state index contributed by atoms with van der Waals surface area (Å²) in [5.41, 5.74) is 0. The highest BCUT2D eigenvalue weighted by atomic mass is 16.6. The van der Waals surface area contributed by atoms with E-state index in [-0.39, 0.29) is 5.97 Å². The Morgan fingerprint density at radius 3 is 1.43 bits per heavy atom. The molecule has 0 saturated heterocycles. The first-order chi connectivity index (χ1) is 17.2. The normalized spacial score (nSPS) is 11.4. The molecule has 0 unspecified atom stereocenters. The number of carbonyl (C=O) groups is 1. The minimum atomic E-state index is -0.113. The lowest BCUT2D eigenvalue weighted by Gasteiger charge is -2.08. The molecular weight excluding hydrogens is 444 g/mol. The molecule has 0 aromatic heterocycles. The lowest BCUT2D eigenvalue weighted by Crippen LogP contribution is -2.13. The molecule has 0 atom stereocenters. The van der Waals surface area contributed by atoms with Crippen LogP contribution in [0.5, 0.6) is 0 Å². The fraction of sp³-hybridized carbons (Fsp3) is 0.966. The minimum absolute atomic E-state index is 0.113. The zero-order chi connectivity index (χ0) is 25.7. The summed E-state index contributed by atoms with van der Waals surface area (Å²) in [6, 6.07) is 0. The largest absolute Gasteiger partial charge is 0.466 e. The van der Waals surface area contributed by atoms with Gasteiger partial charge in [0, 0.05) is 19.6 Å². The molecule has 6 heteroatoms. The molecule has 210 valence electrons. The van der Waals surface area contributed by atoms with Crippen LogP contribution in [0.15, 0.2) is 0 Å². The smallest absolute Gasteiger partial charge is 0.305 e. The van der Waals surface area contributed by atoms with E-state index in [9.17, 15) is 4.79 Å². The van der Waals surface area contributed by atoms with Crippen LogP contribution in [-0.2, 0) is 28.5 Å². The molecule has 0 radical (unpaired) electrons. The summed E-state index contributed by atoms with van der Waals surface area (Å²) in [7, 11) is 0. The average Bonchev–Trinajstić information content (AvgIpc) is 2.84. The summed E-state index contributed by atoms with van der Waals surface area (Å²) in [4.78, 5) is 11.8. The van der Waals surface area contributed by atoms with Gasteiger partial charge in [-0.25, -0.2) is 0 Å². The Kier molecular flexibility index (Phi) is 29.0. The maximum absolute atomic E-state index is 11.8. The maximum Gasteiger partial charge on any atom is 0.305 e. The van der Waals surface area contributed by atoms with E-state index in [1.807, 2.05) is 0 Å². The quantitative estimate of drug-likeness (QED) is 0.0801. The van der Waals surface area contributed by atoms with Crippen molar-refractivity contribution >= 4 is 5.97 Å². The molecule has 0 aromatic carbocycles. The van der Waals surface area contributed by atoms with Crippen molar-refractivity contribution in [1.82, 2.24) is 0 Å². The monoisotopic (exact) mass is 502 g/mol. The number of hydrogen-bond acceptors (Lipinski definition) is 6. The highest BCUT2D eigenvalue weighted by Gasteiger charge is 2.03. The van der Waals surface area contributed by atoms with Gasteiger partial charge in [-0.1, -0.05) is 91.4 Å². The summed E-state index contributed by atoms with van der Waals surface area (Å²) in [5.74, 6) is 0.563. The van der Waals surface area contributed by atoms with E-state index in [1.54, 1.807) is 0 Å². The predicted octanol–water partition coefficient (Wildman–Crippen LogP) is 7.12. The van der Waals surface area contributed by atoms with E-state index in [0.29, 0.717) is 71.6 Å². The second-order valence-corrected chi connectivity index (χ2v) is 9.85. The SMILES string of the molecule is CCCCCCCCCCCCCCOC(=O)CCCOCCOCCOCCOCCC(C)C. The molecule has 0 aliphatic rings. The van der Waals surface area contributed by atoms with Gasteiger partial charge in [-0.05, 0) is 25.2 Å². The first kappa shape index (κ1) is 34.3. The summed E-state index contributed by atoms with van der Waals surface area (Å²) >= 11 is 0. The van der Waals surface area contributed by atoms with Crippen LogP contribution in [0.1, 0.15) is 117 Å². The van der Waals surface area contributed by atoms with E-state index in [1.165, 1.54) is 64.2 Å². The van der Waals surface area contributed by atoms with Crippen molar-refractivity contribution in [1.29, 1.82) is 0 Å². The number of hydrogen-bond donors (Lipinski definition) is 0. The van der Waals surface area contributed by atoms with E-state index in [0.717, 1.165) is 25.9 Å². The van der Waals surface area contributed by atoms with Crippen LogP contribution in [0.3, 0.4) is 0 Å². The molecule has 0 heterocycles. The van der Waals surface area contributed by atoms with E-state index in [4.69, 9.17) is 23.7 Å². The molecule has 0 fully saturated rings. The standard InChI is InChI=1S/C29H58O6/c1-4-5-6-7-8-9-10-11-12-13-14-15-20-35-29(30)17-16-19-31-22-24-33-26-27-34-25-23-32-21-18-28(2)3/h28H,4-27H2,1-3H3. The van der Waals surface area contributed by atoms with Crippen LogP contribution >= 0.6 is 0 Å². The highest BCUT2D eigenvalue weighted by molar-refractivity contribution is 5.69. The van der Waals surface area contributed by atoms with Crippen LogP contribution in [-0.4, -0.2) is 65.4 Å². The van der Waals surface area contributed by atoms with Crippen molar-refractivity contribution < 1.29 is 28.5 Å². The molecule has 0 rings (SSSR count). The van der Waals surface area contributed by atoms with E-state index in [2.05, 4.69) is 20.8 Å². The van der Waals surface area contributed by atoms with Crippen LogP contribution in [0.2, 0.25) is 0 Å². The van der Waals surface area contributed by atoms with Crippen molar-refractivity contribution in [3.8, 4) is 0 Å². The van der Waals surface area contributed by atoms with Gasteiger partial charge in [-0.15, -0.1) is 0 Å². The van der Waals surface area contributed by atoms with Gasteiger partial charge in [-0.2, -0.15) is 0 Å². The Morgan fingerprint density at radius 1 is 0.514 bits per heavy atom. The Bertz CT molecular complexity index is 416. The fourth-order valence-electron chi connectivity index (χ4n) is 3.60. The molecule has 0 aliphatic heterocycles. The van der Waals surface area contributed by atoms with Crippen molar-refractivity contribution in [2.45, 2.75) is 117 Å². The summed E-state index contributed by atoms with van der Waals surface area (Å²) in [6.07, 6.45) is 17.9. The van der Waals surface area contributed by atoms with Crippen LogP contribution < -0.4 is 0 Å². The van der Waals surface area contributed by atoms with Gasteiger partial charge < -0.3 is 23.7 Å². The predicted molar refractivity (Wildman–Crippen MR) is 144 cm³/mol. The topological polar surface area (TPSA) is 63.2 Å². The molecule has 6 nitrogen and oxygen atoms in total. The van der Waals surface area contributed by atoms with Crippen molar-refractivity contribution in [2.75, 3.05) is 59.5 Å². The number of esters is 1. The van der Waals surface area contributed by atoms with Gasteiger partial charge in [-0.3, -0.25) is 4.79 Å². The van der Waals surface area contributed by atoms with E-state index >= 15 is 0 Å². The van der Waals surface area contributed by atoms with Crippen LogP contribution in [0.25, 0.3) is 0 Å². The summed E-state index contributed by atoms with van der Waals surface area (Å²) < 4.78 is 27.2. The molecular formula is C29H58O6. The van der Waals surface area contributed by atoms with Crippen molar-refractivity contribution in [3.05, 3.63) is 0 Å². The van der Waals surface area contributed by atoms with Crippen LogP contribution in [0, 0.1) is 5.92 Å². The first-order valence-corrected chi connectivity index (χ1v) is 14.6. The number of unbranched alkanes of at least 4 members (excludes halogenated alkanes) is 11. The fourth-order valence-corrected chi connectivity index (χ4v) is 3.60. The van der Waals surface area contributed by atoms with E-state index < -0.39 is 0 Å². The Labute approximate surface area is 217 Å². The zero-order valence-electron chi connectivity index (χ0n) is 23.5.